The van der Waals surface area contributed by atoms with Crippen LogP contribution >= 0.6 is 27.7 Å². The Hall–Kier alpha value is -0.330. The molecule has 1 aromatic heterocycles. The largest absolute Gasteiger partial charge is 0.372 e. The molecule has 0 radical (unpaired) electrons. The standard InChI is InChI=1S/C14H23BrN4S/c1-14(2,3)11-10(15)13(16-4)18-12(17-11)9-8-20-7-6-19(9)5/h9H,6-8H2,1-5H3,(H,16,17,18). The van der Waals surface area contributed by atoms with Crippen LogP contribution in [0.3, 0.4) is 0 Å². The predicted molar refractivity (Wildman–Crippen MR) is 90.7 cm³/mol. The molecular formula is C14H23BrN4S. The Labute approximate surface area is 134 Å². The first-order valence-corrected chi connectivity index (χ1v) is 8.83. The number of thioether (sulfide) groups is 1. The summed E-state index contributed by atoms with van der Waals surface area (Å²) < 4.78 is 0.974. The summed E-state index contributed by atoms with van der Waals surface area (Å²) in [6.45, 7) is 7.64. The summed E-state index contributed by atoms with van der Waals surface area (Å²) in [5.41, 5.74) is 1.05. The van der Waals surface area contributed by atoms with E-state index >= 15 is 0 Å². The van der Waals surface area contributed by atoms with Gasteiger partial charge in [-0.05, 0) is 23.0 Å². The second-order valence-corrected chi connectivity index (χ2v) is 8.11. The molecule has 1 saturated heterocycles. The number of rotatable bonds is 2. The minimum Gasteiger partial charge on any atom is -0.372 e. The zero-order valence-corrected chi connectivity index (χ0v) is 15.2. The van der Waals surface area contributed by atoms with Crippen LogP contribution in [0, 0.1) is 0 Å². The summed E-state index contributed by atoms with van der Waals surface area (Å²) in [5.74, 6) is 4.06. The van der Waals surface area contributed by atoms with E-state index < -0.39 is 0 Å². The van der Waals surface area contributed by atoms with Gasteiger partial charge in [0.05, 0.1) is 16.2 Å². The SMILES string of the molecule is CNc1nc(C2CSCCN2C)nc(C(C)(C)C)c1Br. The number of aromatic nitrogens is 2. The Morgan fingerprint density at radius 2 is 2.05 bits per heavy atom. The highest BCUT2D eigenvalue weighted by molar-refractivity contribution is 9.10. The Kier molecular flexibility index (Phi) is 4.97. The minimum absolute atomic E-state index is 0.0114. The van der Waals surface area contributed by atoms with Crippen molar-refractivity contribution in [3.05, 3.63) is 16.0 Å². The van der Waals surface area contributed by atoms with Crippen LogP contribution in [0.4, 0.5) is 5.82 Å². The van der Waals surface area contributed by atoms with Gasteiger partial charge in [0.25, 0.3) is 0 Å². The number of hydrogen-bond acceptors (Lipinski definition) is 5. The summed E-state index contributed by atoms with van der Waals surface area (Å²) in [7, 11) is 4.06. The molecule has 0 spiro atoms. The van der Waals surface area contributed by atoms with Gasteiger partial charge in [-0.3, -0.25) is 4.90 Å². The minimum atomic E-state index is -0.0114. The summed E-state index contributed by atoms with van der Waals surface area (Å²) in [6.07, 6.45) is 0. The van der Waals surface area contributed by atoms with Crippen molar-refractivity contribution in [1.82, 2.24) is 14.9 Å². The van der Waals surface area contributed by atoms with Gasteiger partial charge >= 0.3 is 0 Å². The molecule has 1 aliphatic rings. The maximum Gasteiger partial charge on any atom is 0.149 e. The molecule has 112 valence electrons. The topological polar surface area (TPSA) is 41.1 Å². The van der Waals surface area contributed by atoms with E-state index in [-0.39, 0.29) is 5.41 Å². The molecule has 1 aliphatic heterocycles. The lowest BCUT2D eigenvalue weighted by atomic mass is 9.91. The maximum absolute atomic E-state index is 4.87. The fraction of sp³-hybridized carbons (Fsp3) is 0.714. The first-order chi connectivity index (χ1) is 9.34. The van der Waals surface area contributed by atoms with Crippen LogP contribution < -0.4 is 5.32 Å². The maximum atomic E-state index is 4.87. The molecule has 0 aromatic carbocycles. The van der Waals surface area contributed by atoms with Crippen molar-refractivity contribution in [2.24, 2.45) is 0 Å². The summed E-state index contributed by atoms with van der Waals surface area (Å²) in [6, 6.07) is 0.301. The number of hydrogen-bond donors (Lipinski definition) is 1. The quantitative estimate of drug-likeness (QED) is 0.878. The molecule has 0 amide bonds. The van der Waals surface area contributed by atoms with Crippen LogP contribution in [0.15, 0.2) is 4.47 Å². The van der Waals surface area contributed by atoms with Crippen LogP contribution in [0.2, 0.25) is 0 Å². The molecule has 1 fully saturated rings. The number of nitrogens with zero attached hydrogens (tertiary/aromatic N) is 3. The molecule has 0 bridgehead atoms. The molecule has 0 aliphatic carbocycles. The van der Waals surface area contributed by atoms with E-state index in [1.807, 2.05) is 18.8 Å². The molecule has 1 unspecified atom stereocenters. The van der Waals surface area contributed by atoms with Gasteiger partial charge in [0, 0.05) is 30.5 Å². The Morgan fingerprint density at radius 1 is 1.35 bits per heavy atom. The van der Waals surface area contributed by atoms with Crippen LogP contribution in [-0.2, 0) is 5.41 Å². The molecule has 2 rings (SSSR count). The van der Waals surface area contributed by atoms with Crippen molar-refractivity contribution in [2.45, 2.75) is 32.2 Å². The number of halogens is 1. The van der Waals surface area contributed by atoms with Gasteiger partial charge in [0.1, 0.15) is 11.6 Å². The van der Waals surface area contributed by atoms with E-state index in [1.54, 1.807) is 0 Å². The zero-order valence-electron chi connectivity index (χ0n) is 12.8. The van der Waals surface area contributed by atoms with Crippen LogP contribution in [0.25, 0.3) is 0 Å². The van der Waals surface area contributed by atoms with Crippen LogP contribution in [0.5, 0.6) is 0 Å². The van der Waals surface area contributed by atoms with Crippen molar-refractivity contribution < 1.29 is 0 Å². The lowest BCUT2D eigenvalue weighted by Crippen LogP contribution is -2.34. The molecular weight excluding hydrogens is 336 g/mol. The van der Waals surface area contributed by atoms with Crippen LogP contribution in [-0.4, -0.2) is 47.0 Å². The number of nitrogens with one attached hydrogen (secondary N) is 1. The Bertz CT molecular complexity index is 487. The van der Waals surface area contributed by atoms with E-state index in [4.69, 9.17) is 9.97 Å². The van der Waals surface area contributed by atoms with Crippen molar-refractivity contribution in [3.63, 3.8) is 0 Å². The first kappa shape index (κ1) is 16.0. The third kappa shape index (κ3) is 3.28. The lowest BCUT2D eigenvalue weighted by Gasteiger charge is -2.32. The fourth-order valence-corrected chi connectivity index (χ4v) is 4.42. The Balaban J connectivity index is 2.48. The van der Waals surface area contributed by atoms with E-state index in [2.05, 4.69) is 54.0 Å². The van der Waals surface area contributed by atoms with Crippen molar-refractivity contribution in [3.8, 4) is 0 Å². The number of anilines is 1. The molecule has 1 aromatic rings. The van der Waals surface area contributed by atoms with Gasteiger partial charge in [-0.2, -0.15) is 11.8 Å². The third-order valence-corrected chi connectivity index (χ3v) is 5.28. The van der Waals surface area contributed by atoms with E-state index in [1.165, 1.54) is 5.75 Å². The van der Waals surface area contributed by atoms with Gasteiger partial charge < -0.3 is 5.32 Å². The van der Waals surface area contributed by atoms with Gasteiger partial charge in [0.15, 0.2) is 0 Å². The zero-order chi connectivity index (χ0) is 14.9. The average molecular weight is 359 g/mol. The van der Waals surface area contributed by atoms with E-state index in [9.17, 15) is 0 Å². The van der Waals surface area contributed by atoms with Crippen molar-refractivity contribution >= 4 is 33.5 Å². The highest BCUT2D eigenvalue weighted by atomic mass is 79.9. The van der Waals surface area contributed by atoms with Gasteiger partial charge in [-0.1, -0.05) is 20.8 Å². The van der Waals surface area contributed by atoms with Crippen molar-refractivity contribution in [1.29, 1.82) is 0 Å². The van der Waals surface area contributed by atoms with Crippen molar-refractivity contribution in [2.75, 3.05) is 37.5 Å². The second-order valence-electron chi connectivity index (χ2n) is 6.16. The second kappa shape index (κ2) is 6.20. The molecule has 6 heteroatoms. The summed E-state index contributed by atoms with van der Waals surface area (Å²) in [5, 5.41) is 3.18. The molecule has 2 heterocycles. The summed E-state index contributed by atoms with van der Waals surface area (Å²) in [4.78, 5) is 11.9. The predicted octanol–water partition coefficient (Wildman–Crippen LogP) is 3.30. The molecule has 4 nitrogen and oxygen atoms in total. The van der Waals surface area contributed by atoms with E-state index in [0.29, 0.717) is 6.04 Å². The molecule has 1 N–H and O–H groups in total. The third-order valence-electron chi connectivity index (χ3n) is 3.51. The van der Waals surface area contributed by atoms with Gasteiger partial charge in [0.2, 0.25) is 0 Å². The van der Waals surface area contributed by atoms with Gasteiger partial charge in [-0.15, -0.1) is 0 Å². The summed E-state index contributed by atoms with van der Waals surface area (Å²) >= 11 is 5.62. The van der Waals surface area contributed by atoms with E-state index in [0.717, 1.165) is 34.1 Å². The van der Waals surface area contributed by atoms with Crippen LogP contribution in [0.1, 0.15) is 38.3 Å². The highest BCUT2D eigenvalue weighted by Crippen LogP contribution is 2.35. The fourth-order valence-electron chi connectivity index (χ4n) is 2.23. The molecule has 1 atom stereocenters. The highest BCUT2D eigenvalue weighted by Gasteiger charge is 2.28. The first-order valence-electron chi connectivity index (χ1n) is 6.88. The smallest absolute Gasteiger partial charge is 0.149 e. The molecule has 0 saturated carbocycles. The lowest BCUT2D eigenvalue weighted by molar-refractivity contribution is 0.263. The molecule has 20 heavy (non-hydrogen) atoms. The Morgan fingerprint density at radius 3 is 2.60 bits per heavy atom. The normalized spacial score (nSPS) is 21.0. The average Bonchev–Trinajstić information content (AvgIpc) is 2.38. The monoisotopic (exact) mass is 358 g/mol. The van der Waals surface area contributed by atoms with Gasteiger partial charge in [-0.25, -0.2) is 9.97 Å².